The zero-order chi connectivity index (χ0) is 14.2. The minimum Gasteiger partial charge on any atom is -0.359 e. The van der Waals surface area contributed by atoms with E-state index in [0.717, 1.165) is 12.8 Å². The molecule has 7 heteroatoms. The minimum absolute atomic E-state index is 0.00908. The van der Waals surface area contributed by atoms with Gasteiger partial charge >= 0.3 is 0 Å². The van der Waals surface area contributed by atoms with Gasteiger partial charge in [0.15, 0.2) is 5.79 Å². The van der Waals surface area contributed by atoms with Crippen LogP contribution in [0.25, 0.3) is 0 Å². The Kier molecular flexibility index (Phi) is 3.94. The number of hydrogen-bond donors (Lipinski definition) is 0. The molecule has 114 valence electrons. The number of rotatable bonds is 5. The van der Waals surface area contributed by atoms with Crippen LogP contribution in [-0.4, -0.2) is 50.5 Å². The highest BCUT2D eigenvalue weighted by Gasteiger charge is 2.59. The van der Waals surface area contributed by atoms with Crippen LogP contribution in [0.5, 0.6) is 0 Å². The Labute approximate surface area is 117 Å². The van der Waals surface area contributed by atoms with Crippen LogP contribution < -0.4 is 0 Å². The first-order valence-corrected chi connectivity index (χ1v) is 7.15. The third kappa shape index (κ3) is 2.43. The molecular weight excluding hydrogens is 266 g/mol. The van der Waals surface area contributed by atoms with Crippen molar-refractivity contribution in [1.29, 1.82) is 0 Å². The molecule has 0 aromatic carbocycles. The Balaban J connectivity index is 1.77. The largest absolute Gasteiger partial charge is 0.359 e. The molecule has 0 aromatic heterocycles. The van der Waals surface area contributed by atoms with Gasteiger partial charge in [0.1, 0.15) is 6.79 Å². The van der Waals surface area contributed by atoms with Gasteiger partial charge in [-0.3, -0.25) is 10.1 Å². The third-order valence-electron chi connectivity index (χ3n) is 4.88. The van der Waals surface area contributed by atoms with Crippen molar-refractivity contribution >= 4 is 0 Å². The van der Waals surface area contributed by atoms with E-state index in [0.29, 0.717) is 25.6 Å². The summed E-state index contributed by atoms with van der Waals surface area (Å²) in [5.41, 5.74) is 0. The molecule has 0 amide bonds. The Morgan fingerprint density at radius 2 is 2.10 bits per heavy atom. The van der Waals surface area contributed by atoms with Crippen molar-refractivity contribution in [2.75, 3.05) is 33.7 Å². The first-order valence-electron chi connectivity index (χ1n) is 7.15. The van der Waals surface area contributed by atoms with E-state index in [-0.39, 0.29) is 36.2 Å². The first kappa shape index (κ1) is 14.2. The molecule has 7 nitrogen and oxygen atoms in total. The maximum atomic E-state index is 10.9. The van der Waals surface area contributed by atoms with Crippen molar-refractivity contribution in [3.8, 4) is 0 Å². The van der Waals surface area contributed by atoms with Crippen LogP contribution in [0.4, 0.5) is 0 Å². The van der Waals surface area contributed by atoms with Crippen LogP contribution in [-0.2, 0) is 18.9 Å². The van der Waals surface area contributed by atoms with Gasteiger partial charge in [0.2, 0.25) is 6.54 Å². The average Bonchev–Trinajstić information content (AvgIpc) is 2.99. The van der Waals surface area contributed by atoms with Gasteiger partial charge in [-0.25, -0.2) is 0 Å². The second-order valence-corrected chi connectivity index (χ2v) is 5.94. The average molecular weight is 287 g/mol. The summed E-state index contributed by atoms with van der Waals surface area (Å²) in [6.07, 6.45) is 2.33. The lowest BCUT2D eigenvalue weighted by Gasteiger charge is -2.41. The number of methoxy groups -OCH3 is 1. The van der Waals surface area contributed by atoms with E-state index in [2.05, 4.69) is 0 Å². The predicted octanol–water partition coefficient (Wildman–Crippen LogP) is 1.04. The Bertz CT molecular complexity index is 370. The molecule has 4 atom stereocenters. The van der Waals surface area contributed by atoms with Crippen LogP contribution in [0.2, 0.25) is 0 Å². The fraction of sp³-hybridized carbons (Fsp3) is 1.00. The lowest BCUT2D eigenvalue weighted by Crippen LogP contribution is -2.48. The van der Waals surface area contributed by atoms with E-state index < -0.39 is 5.79 Å². The Hall–Kier alpha value is -0.760. The van der Waals surface area contributed by atoms with Gasteiger partial charge in [-0.05, 0) is 18.8 Å². The molecule has 2 saturated carbocycles. The second kappa shape index (κ2) is 5.55. The molecular formula is C13H21NO6. The van der Waals surface area contributed by atoms with Crippen LogP contribution in [0.3, 0.4) is 0 Å². The smallest absolute Gasteiger partial charge is 0.207 e. The van der Waals surface area contributed by atoms with Crippen molar-refractivity contribution in [2.45, 2.75) is 31.2 Å². The molecule has 2 bridgehead atoms. The number of hydrogen-bond acceptors (Lipinski definition) is 6. The highest BCUT2D eigenvalue weighted by molar-refractivity contribution is 5.03. The molecule has 0 radical (unpaired) electrons. The maximum absolute atomic E-state index is 10.9. The summed E-state index contributed by atoms with van der Waals surface area (Å²) < 4.78 is 22.5. The van der Waals surface area contributed by atoms with Gasteiger partial charge in [-0.2, -0.15) is 0 Å². The van der Waals surface area contributed by atoms with E-state index in [1.165, 1.54) is 0 Å². The molecule has 0 N–H and O–H groups in total. The zero-order valence-electron chi connectivity index (χ0n) is 11.7. The predicted molar refractivity (Wildman–Crippen MR) is 67.6 cm³/mol. The highest BCUT2D eigenvalue weighted by atomic mass is 16.7. The van der Waals surface area contributed by atoms with Crippen molar-refractivity contribution in [1.82, 2.24) is 0 Å². The van der Waals surface area contributed by atoms with E-state index >= 15 is 0 Å². The fourth-order valence-corrected chi connectivity index (χ4v) is 4.12. The van der Waals surface area contributed by atoms with Gasteiger partial charge in [0.05, 0.1) is 19.3 Å². The normalized spacial score (nSPS) is 38.5. The summed E-state index contributed by atoms with van der Waals surface area (Å²) in [5.74, 6) is -0.180. The monoisotopic (exact) mass is 287 g/mol. The fourth-order valence-electron chi connectivity index (χ4n) is 4.12. The Morgan fingerprint density at radius 1 is 1.35 bits per heavy atom. The number of ether oxygens (including phenoxy) is 4. The van der Waals surface area contributed by atoms with E-state index in [1.54, 1.807) is 7.11 Å². The van der Waals surface area contributed by atoms with E-state index in [1.807, 2.05) is 0 Å². The van der Waals surface area contributed by atoms with Crippen LogP contribution in [0.1, 0.15) is 19.3 Å². The summed E-state index contributed by atoms with van der Waals surface area (Å²) in [6, 6.07) is 0. The molecule has 2 aliphatic carbocycles. The second-order valence-electron chi connectivity index (χ2n) is 5.94. The molecule has 1 aliphatic heterocycles. The molecule has 3 aliphatic rings. The summed E-state index contributed by atoms with van der Waals surface area (Å²) in [6.45, 7) is 1.35. The summed E-state index contributed by atoms with van der Waals surface area (Å²) >= 11 is 0. The Morgan fingerprint density at radius 3 is 2.75 bits per heavy atom. The van der Waals surface area contributed by atoms with Crippen molar-refractivity contribution in [2.24, 2.45) is 17.8 Å². The van der Waals surface area contributed by atoms with Crippen molar-refractivity contribution in [3.63, 3.8) is 0 Å². The summed E-state index contributed by atoms with van der Waals surface area (Å²) in [7, 11) is 1.59. The lowest BCUT2D eigenvalue weighted by molar-refractivity contribution is -0.492. The number of nitrogens with zero attached hydrogens (tertiary/aromatic N) is 1. The van der Waals surface area contributed by atoms with Crippen molar-refractivity contribution < 1.29 is 23.9 Å². The molecule has 3 fully saturated rings. The zero-order valence-corrected chi connectivity index (χ0v) is 11.7. The molecule has 1 heterocycles. The first-order chi connectivity index (χ1) is 9.64. The van der Waals surface area contributed by atoms with Crippen LogP contribution >= 0.6 is 0 Å². The van der Waals surface area contributed by atoms with Crippen LogP contribution in [0, 0.1) is 27.9 Å². The topological polar surface area (TPSA) is 80.1 Å². The molecule has 1 saturated heterocycles. The quantitative estimate of drug-likeness (QED) is 0.427. The lowest BCUT2D eigenvalue weighted by atomic mass is 9.76. The summed E-state index contributed by atoms with van der Waals surface area (Å²) in [4.78, 5) is 10.6. The number of fused-ring (bicyclic) bond motifs is 3. The van der Waals surface area contributed by atoms with Gasteiger partial charge in [0.25, 0.3) is 0 Å². The summed E-state index contributed by atoms with van der Waals surface area (Å²) in [5, 5.41) is 10.9. The molecule has 20 heavy (non-hydrogen) atoms. The molecule has 0 unspecified atom stereocenters. The van der Waals surface area contributed by atoms with Gasteiger partial charge in [-0.15, -0.1) is 0 Å². The minimum atomic E-state index is -0.675. The standard InChI is InChI=1S/C13H21NO6/c1-17-8-18-12-5-9-4-11(12)13(19-2-3-20-13)6-10(9)7-14(15)16/h9-12H,2-8H2,1H3/t9-,10-,11+,12-/m0/s1. The third-order valence-corrected chi connectivity index (χ3v) is 4.88. The SMILES string of the molecule is COCO[C@H]1C[C@@H]2C[C@H]1C1(C[C@H]2C[N+](=O)[O-])OCCO1. The van der Waals surface area contributed by atoms with Gasteiger partial charge < -0.3 is 18.9 Å². The van der Waals surface area contributed by atoms with Gasteiger partial charge in [-0.1, -0.05) is 0 Å². The van der Waals surface area contributed by atoms with E-state index in [9.17, 15) is 10.1 Å². The maximum Gasteiger partial charge on any atom is 0.207 e. The van der Waals surface area contributed by atoms with E-state index in [4.69, 9.17) is 18.9 Å². The molecule has 0 aromatic rings. The van der Waals surface area contributed by atoms with Crippen LogP contribution in [0.15, 0.2) is 0 Å². The number of nitro groups is 1. The molecule has 1 spiro atoms. The highest BCUT2D eigenvalue weighted by Crippen LogP contribution is 2.54. The van der Waals surface area contributed by atoms with Crippen molar-refractivity contribution in [3.05, 3.63) is 10.1 Å². The van der Waals surface area contributed by atoms with Gasteiger partial charge in [0, 0.05) is 30.3 Å². The molecule has 3 rings (SSSR count).